The fourth-order valence-corrected chi connectivity index (χ4v) is 3.13. The summed E-state index contributed by atoms with van der Waals surface area (Å²) in [6.07, 6.45) is 0.681. The van der Waals surface area contributed by atoms with Crippen LogP contribution in [0.1, 0.15) is 31.2 Å². The van der Waals surface area contributed by atoms with Crippen LogP contribution < -0.4 is 0 Å². The van der Waals surface area contributed by atoms with Crippen molar-refractivity contribution in [3.8, 4) is 11.5 Å². The van der Waals surface area contributed by atoms with Crippen LogP contribution in [0.15, 0.2) is 53.1 Å². The van der Waals surface area contributed by atoms with E-state index in [0.717, 1.165) is 12.1 Å². The Hall–Kier alpha value is -2.64. The van der Waals surface area contributed by atoms with E-state index in [0.29, 0.717) is 42.4 Å². The average Bonchev–Trinajstić information content (AvgIpc) is 3.12. The van der Waals surface area contributed by atoms with E-state index >= 15 is 0 Å². The predicted octanol–water partition coefficient (Wildman–Crippen LogP) is 4.95. The lowest BCUT2D eigenvalue weighted by molar-refractivity contribution is 0.101. The minimum absolute atomic E-state index is 0.197. The highest BCUT2D eigenvalue weighted by molar-refractivity contribution is 5.53. The molecule has 4 nitrogen and oxygen atoms in total. The topological polar surface area (TPSA) is 49.5 Å². The predicted molar refractivity (Wildman–Crippen MR) is 103 cm³/mol. The van der Waals surface area contributed by atoms with Crippen molar-refractivity contribution in [2.45, 2.75) is 26.5 Å². The van der Waals surface area contributed by atoms with Crippen LogP contribution in [0.25, 0.3) is 11.5 Å². The normalized spacial score (nSPS) is 12.7. The maximum atomic E-state index is 13.5. The van der Waals surface area contributed by atoms with E-state index in [1.54, 1.807) is 12.1 Å². The molecule has 3 rings (SSSR count). The third kappa shape index (κ3) is 5.68. The number of nitrogens with zero attached hydrogens (tertiary/aromatic N) is 2. The van der Waals surface area contributed by atoms with Crippen LogP contribution in [-0.2, 0) is 6.54 Å². The van der Waals surface area contributed by atoms with E-state index in [2.05, 4.69) is 18.8 Å². The summed E-state index contributed by atoms with van der Waals surface area (Å²) < 4.78 is 45.1. The third-order valence-electron chi connectivity index (χ3n) is 4.41. The number of hydrogen-bond donors (Lipinski definition) is 1. The van der Waals surface area contributed by atoms with Crippen molar-refractivity contribution >= 4 is 0 Å². The molecule has 0 fully saturated rings. The zero-order valence-electron chi connectivity index (χ0n) is 16.3. The number of aliphatic hydroxyl groups is 1. The van der Waals surface area contributed by atoms with Gasteiger partial charge in [-0.05, 0) is 41.8 Å². The number of hydrogen-bond acceptors (Lipinski definition) is 4. The second-order valence-corrected chi connectivity index (χ2v) is 7.43. The third-order valence-corrected chi connectivity index (χ3v) is 4.41. The molecule has 154 valence electrons. The van der Waals surface area contributed by atoms with Gasteiger partial charge in [0.25, 0.3) is 0 Å². The molecule has 0 saturated carbocycles. The van der Waals surface area contributed by atoms with Crippen LogP contribution in [0.4, 0.5) is 13.2 Å². The fourth-order valence-electron chi connectivity index (χ4n) is 3.13. The highest BCUT2D eigenvalue weighted by Gasteiger charge is 2.18. The minimum atomic E-state index is -0.967. The smallest absolute Gasteiger partial charge is 0.226 e. The summed E-state index contributed by atoms with van der Waals surface area (Å²) >= 11 is 0. The van der Waals surface area contributed by atoms with Crippen molar-refractivity contribution in [3.63, 3.8) is 0 Å². The summed E-state index contributed by atoms with van der Waals surface area (Å²) in [5, 5.41) is 10.5. The zero-order valence-corrected chi connectivity index (χ0v) is 16.3. The molecule has 0 bridgehead atoms. The molecule has 0 spiro atoms. The van der Waals surface area contributed by atoms with Gasteiger partial charge in [-0.25, -0.2) is 18.2 Å². The van der Waals surface area contributed by atoms with Crippen molar-refractivity contribution in [3.05, 3.63) is 77.4 Å². The molecule has 7 heteroatoms. The van der Waals surface area contributed by atoms with Crippen LogP contribution in [0.2, 0.25) is 0 Å². The first-order chi connectivity index (χ1) is 13.8. The molecule has 0 aliphatic rings. The van der Waals surface area contributed by atoms with Gasteiger partial charge in [0.2, 0.25) is 5.89 Å². The van der Waals surface area contributed by atoms with Gasteiger partial charge in [0.15, 0.2) is 11.6 Å². The number of oxazole rings is 1. The van der Waals surface area contributed by atoms with Crippen molar-refractivity contribution in [1.82, 2.24) is 9.88 Å². The van der Waals surface area contributed by atoms with E-state index < -0.39 is 17.7 Å². The van der Waals surface area contributed by atoms with Crippen LogP contribution >= 0.6 is 0 Å². The zero-order chi connectivity index (χ0) is 21.0. The first kappa shape index (κ1) is 21.1. The van der Waals surface area contributed by atoms with E-state index in [1.165, 1.54) is 24.5 Å². The lowest BCUT2D eigenvalue weighted by atomic mass is 10.1. The first-order valence-electron chi connectivity index (χ1n) is 9.37. The molecule has 1 atom stereocenters. The SMILES string of the molecule is CC(C)CN(Cc1coc(-c2ccc(F)c(F)c2)n1)CC(O)c1ccc(F)cc1. The molecule has 1 heterocycles. The molecule has 0 saturated heterocycles. The largest absolute Gasteiger partial charge is 0.444 e. The molecule has 0 amide bonds. The maximum Gasteiger partial charge on any atom is 0.226 e. The number of halogens is 3. The molecule has 2 aromatic carbocycles. The Morgan fingerprint density at radius 3 is 2.38 bits per heavy atom. The number of rotatable bonds is 8. The van der Waals surface area contributed by atoms with E-state index in [9.17, 15) is 18.3 Å². The Labute approximate surface area is 167 Å². The summed E-state index contributed by atoms with van der Waals surface area (Å²) in [4.78, 5) is 6.38. The van der Waals surface area contributed by atoms with Gasteiger partial charge in [-0.2, -0.15) is 0 Å². The Kier molecular flexibility index (Phi) is 6.71. The first-order valence-corrected chi connectivity index (χ1v) is 9.37. The molecule has 1 unspecified atom stereocenters. The number of aromatic nitrogens is 1. The molecule has 0 radical (unpaired) electrons. The van der Waals surface area contributed by atoms with E-state index in [4.69, 9.17) is 4.42 Å². The highest BCUT2D eigenvalue weighted by atomic mass is 19.2. The van der Waals surface area contributed by atoms with Gasteiger partial charge in [0.05, 0.1) is 11.8 Å². The summed E-state index contributed by atoms with van der Waals surface area (Å²) in [6, 6.07) is 9.22. The van der Waals surface area contributed by atoms with Crippen molar-refractivity contribution < 1.29 is 22.7 Å². The Morgan fingerprint density at radius 1 is 1.00 bits per heavy atom. The van der Waals surface area contributed by atoms with Crippen molar-refractivity contribution in [2.75, 3.05) is 13.1 Å². The van der Waals surface area contributed by atoms with Gasteiger partial charge >= 0.3 is 0 Å². The van der Waals surface area contributed by atoms with Gasteiger partial charge < -0.3 is 9.52 Å². The van der Waals surface area contributed by atoms with E-state index in [-0.39, 0.29) is 11.7 Å². The average molecular weight is 404 g/mol. The molecule has 0 aliphatic heterocycles. The molecule has 3 aromatic rings. The van der Waals surface area contributed by atoms with Crippen LogP contribution in [0.5, 0.6) is 0 Å². The molecule has 29 heavy (non-hydrogen) atoms. The molecular formula is C22H23F3N2O2. The van der Waals surface area contributed by atoms with Gasteiger partial charge in [0, 0.05) is 25.2 Å². The van der Waals surface area contributed by atoms with Crippen molar-refractivity contribution in [1.29, 1.82) is 0 Å². The fraction of sp³-hybridized carbons (Fsp3) is 0.318. The van der Waals surface area contributed by atoms with Crippen LogP contribution in [0.3, 0.4) is 0 Å². The lowest BCUT2D eigenvalue weighted by Gasteiger charge is -2.26. The Balaban J connectivity index is 1.72. The van der Waals surface area contributed by atoms with Gasteiger partial charge in [-0.1, -0.05) is 26.0 Å². The summed E-state index contributed by atoms with van der Waals surface area (Å²) in [6.45, 7) is 5.56. The lowest BCUT2D eigenvalue weighted by Crippen LogP contribution is -2.31. The van der Waals surface area contributed by atoms with Gasteiger partial charge in [-0.15, -0.1) is 0 Å². The standard InChI is InChI=1S/C22H23F3N2O2/c1-14(2)10-27(12-21(28)15-3-6-17(23)7-4-15)11-18-13-29-22(26-18)16-5-8-19(24)20(25)9-16/h3-9,13-14,21,28H,10-12H2,1-2H3. The highest BCUT2D eigenvalue weighted by Crippen LogP contribution is 2.22. The van der Waals surface area contributed by atoms with E-state index in [1.807, 2.05) is 4.90 Å². The van der Waals surface area contributed by atoms with Crippen LogP contribution in [-0.4, -0.2) is 28.1 Å². The van der Waals surface area contributed by atoms with Crippen molar-refractivity contribution in [2.24, 2.45) is 5.92 Å². The summed E-state index contributed by atoms with van der Waals surface area (Å²) in [5.74, 6) is -1.72. The molecule has 1 aromatic heterocycles. The molecule has 1 N–H and O–H groups in total. The second-order valence-electron chi connectivity index (χ2n) is 7.43. The molecule has 0 aliphatic carbocycles. The summed E-state index contributed by atoms with van der Waals surface area (Å²) in [7, 11) is 0. The second kappa shape index (κ2) is 9.24. The number of benzene rings is 2. The Bertz CT molecular complexity index is 941. The minimum Gasteiger partial charge on any atom is -0.444 e. The number of aliphatic hydroxyl groups excluding tert-OH is 1. The monoisotopic (exact) mass is 404 g/mol. The van der Waals surface area contributed by atoms with Gasteiger partial charge in [-0.3, -0.25) is 4.90 Å². The van der Waals surface area contributed by atoms with Crippen LogP contribution in [0, 0.1) is 23.4 Å². The van der Waals surface area contributed by atoms with Gasteiger partial charge in [0.1, 0.15) is 12.1 Å². The quantitative estimate of drug-likeness (QED) is 0.577. The Morgan fingerprint density at radius 2 is 1.72 bits per heavy atom. The maximum absolute atomic E-state index is 13.5. The summed E-state index contributed by atoms with van der Waals surface area (Å²) in [5.41, 5.74) is 1.58. The molecular weight excluding hydrogens is 381 g/mol.